The van der Waals surface area contributed by atoms with Crippen molar-refractivity contribution >= 4 is 10.9 Å². The van der Waals surface area contributed by atoms with Crippen LogP contribution < -0.4 is 0 Å². The molecule has 3 rings (SSSR count). The molecule has 0 saturated carbocycles. The smallest absolute Gasteiger partial charge is 0.0461 e. The third-order valence-electron chi connectivity index (χ3n) is 4.38. The van der Waals surface area contributed by atoms with E-state index in [4.69, 9.17) is 0 Å². The Hall–Kier alpha value is -1.24. The SMILES string of the molecule is CCCCCc1c(C)ccc2[nH]c3c(c12)CCC3. The fourth-order valence-electron chi connectivity index (χ4n) is 3.39. The standard InChI is InChI=1S/C17H23N/c1-3-4-5-7-13-12(2)10-11-16-17(13)14-8-6-9-15(14)18-16/h10-11,18H,3-9H2,1-2H3. The number of nitrogens with one attached hydrogen (secondary N) is 1. The first-order valence-electron chi connectivity index (χ1n) is 7.43. The molecule has 2 aromatic rings. The third kappa shape index (κ3) is 1.86. The van der Waals surface area contributed by atoms with E-state index in [1.807, 2.05) is 0 Å². The monoisotopic (exact) mass is 241 g/mol. The Morgan fingerprint density at radius 1 is 1.17 bits per heavy atom. The van der Waals surface area contributed by atoms with Crippen LogP contribution in [0, 0.1) is 6.92 Å². The number of aromatic nitrogens is 1. The van der Waals surface area contributed by atoms with E-state index < -0.39 is 0 Å². The summed E-state index contributed by atoms with van der Waals surface area (Å²) in [5.74, 6) is 0. The van der Waals surface area contributed by atoms with Gasteiger partial charge in [0, 0.05) is 16.6 Å². The first-order chi connectivity index (χ1) is 8.81. The molecule has 0 bridgehead atoms. The Kier molecular flexibility index (Phi) is 3.15. The van der Waals surface area contributed by atoms with Gasteiger partial charge in [-0.3, -0.25) is 0 Å². The number of H-pyrrole nitrogens is 1. The second-order valence-electron chi connectivity index (χ2n) is 5.68. The van der Waals surface area contributed by atoms with E-state index in [0.29, 0.717) is 0 Å². The lowest BCUT2D eigenvalue weighted by molar-refractivity contribution is 0.717. The number of aromatic amines is 1. The summed E-state index contributed by atoms with van der Waals surface area (Å²) in [6.45, 7) is 4.55. The molecular formula is C17H23N. The van der Waals surface area contributed by atoms with Gasteiger partial charge in [-0.1, -0.05) is 25.8 Å². The highest BCUT2D eigenvalue weighted by Gasteiger charge is 2.19. The highest BCUT2D eigenvalue weighted by molar-refractivity contribution is 5.89. The second-order valence-corrected chi connectivity index (χ2v) is 5.68. The fourth-order valence-corrected chi connectivity index (χ4v) is 3.39. The number of hydrogen-bond donors (Lipinski definition) is 1. The summed E-state index contributed by atoms with van der Waals surface area (Å²) < 4.78 is 0. The fraction of sp³-hybridized carbons (Fsp3) is 0.529. The number of unbranched alkanes of at least 4 members (excludes halogenated alkanes) is 2. The predicted octanol–water partition coefficient (Wildman–Crippen LogP) is 4.70. The van der Waals surface area contributed by atoms with Gasteiger partial charge in [-0.15, -0.1) is 0 Å². The minimum atomic E-state index is 1.25. The van der Waals surface area contributed by atoms with Gasteiger partial charge in [-0.25, -0.2) is 0 Å². The van der Waals surface area contributed by atoms with Gasteiger partial charge >= 0.3 is 0 Å². The molecule has 0 aliphatic heterocycles. The largest absolute Gasteiger partial charge is 0.358 e. The zero-order valence-corrected chi connectivity index (χ0v) is 11.6. The summed E-state index contributed by atoms with van der Waals surface area (Å²) in [6, 6.07) is 4.56. The first kappa shape index (κ1) is 11.8. The van der Waals surface area contributed by atoms with Crippen LogP contribution >= 0.6 is 0 Å². The zero-order valence-electron chi connectivity index (χ0n) is 11.6. The Bertz CT molecular complexity index is 562. The normalized spacial score (nSPS) is 14.3. The Labute approximate surface area is 110 Å². The molecular weight excluding hydrogens is 218 g/mol. The predicted molar refractivity (Wildman–Crippen MR) is 78.3 cm³/mol. The van der Waals surface area contributed by atoms with Crippen molar-refractivity contribution in [1.29, 1.82) is 0 Å². The van der Waals surface area contributed by atoms with Crippen molar-refractivity contribution in [3.63, 3.8) is 0 Å². The van der Waals surface area contributed by atoms with E-state index in [2.05, 4.69) is 31.0 Å². The maximum Gasteiger partial charge on any atom is 0.0461 e. The summed E-state index contributed by atoms with van der Waals surface area (Å²) in [5.41, 5.74) is 7.59. The van der Waals surface area contributed by atoms with Crippen LogP contribution in [-0.4, -0.2) is 4.98 Å². The Balaban J connectivity index is 2.06. The lowest BCUT2D eigenvalue weighted by Crippen LogP contribution is -1.93. The van der Waals surface area contributed by atoms with Crippen LogP contribution in [0.2, 0.25) is 0 Å². The second kappa shape index (κ2) is 4.79. The van der Waals surface area contributed by atoms with Crippen molar-refractivity contribution in [3.05, 3.63) is 34.5 Å². The zero-order chi connectivity index (χ0) is 12.5. The van der Waals surface area contributed by atoms with Gasteiger partial charge in [0.05, 0.1) is 0 Å². The van der Waals surface area contributed by atoms with Crippen LogP contribution in [0.3, 0.4) is 0 Å². The van der Waals surface area contributed by atoms with Gasteiger partial charge in [0.25, 0.3) is 0 Å². The number of hydrogen-bond acceptors (Lipinski definition) is 0. The Morgan fingerprint density at radius 3 is 2.89 bits per heavy atom. The van der Waals surface area contributed by atoms with E-state index >= 15 is 0 Å². The van der Waals surface area contributed by atoms with Crippen molar-refractivity contribution in [2.75, 3.05) is 0 Å². The first-order valence-corrected chi connectivity index (χ1v) is 7.43. The van der Waals surface area contributed by atoms with E-state index in [9.17, 15) is 0 Å². The van der Waals surface area contributed by atoms with Crippen molar-refractivity contribution in [3.8, 4) is 0 Å². The third-order valence-corrected chi connectivity index (χ3v) is 4.38. The van der Waals surface area contributed by atoms with Crippen molar-refractivity contribution in [1.82, 2.24) is 4.98 Å². The average molecular weight is 241 g/mol. The molecule has 1 aromatic carbocycles. The average Bonchev–Trinajstić information content (AvgIpc) is 2.92. The molecule has 1 N–H and O–H groups in total. The molecule has 0 atom stereocenters. The molecule has 1 aliphatic carbocycles. The van der Waals surface area contributed by atoms with E-state index in [1.54, 1.807) is 16.5 Å². The van der Waals surface area contributed by atoms with Gasteiger partial charge in [0.2, 0.25) is 0 Å². The molecule has 1 aliphatic rings. The highest BCUT2D eigenvalue weighted by Crippen LogP contribution is 2.34. The quantitative estimate of drug-likeness (QED) is 0.747. The minimum Gasteiger partial charge on any atom is -0.358 e. The van der Waals surface area contributed by atoms with Crippen LogP contribution in [0.25, 0.3) is 10.9 Å². The molecule has 0 fully saturated rings. The van der Waals surface area contributed by atoms with Gasteiger partial charge < -0.3 is 4.98 Å². The van der Waals surface area contributed by atoms with Crippen LogP contribution in [0.5, 0.6) is 0 Å². The molecule has 1 heteroatoms. The number of rotatable bonds is 4. The van der Waals surface area contributed by atoms with Crippen molar-refractivity contribution in [2.45, 2.75) is 58.8 Å². The molecule has 18 heavy (non-hydrogen) atoms. The van der Waals surface area contributed by atoms with Gasteiger partial charge in [0.1, 0.15) is 0 Å². The maximum atomic E-state index is 3.63. The van der Waals surface area contributed by atoms with Crippen molar-refractivity contribution < 1.29 is 0 Å². The number of aryl methyl sites for hydroxylation is 4. The van der Waals surface area contributed by atoms with Crippen LogP contribution in [-0.2, 0) is 19.3 Å². The van der Waals surface area contributed by atoms with Crippen LogP contribution in [0.4, 0.5) is 0 Å². The maximum absolute atomic E-state index is 3.63. The summed E-state index contributed by atoms with van der Waals surface area (Å²) >= 11 is 0. The van der Waals surface area contributed by atoms with Crippen LogP contribution in [0.1, 0.15) is 55.0 Å². The van der Waals surface area contributed by atoms with Gasteiger partial charge in [-0.2, -0.15) is 0 Å². The molecule has 0 unspecified atom stereocenters. The summed E-state index contributed by atoms with van der Waals surface area (Å²) in [6.07, 6.45) is 9.09. The lowest BCUT2D eigenvalue weighted by atomic mass is 9.95. The van der Waals surface area contributed by atoms with E-state index in [0.717, 1.165) is 0 Å². The molecule has 0 spiro atoms. The topological polar surface area (TPSA) is 15.8 Å². The molecule has 1 heterocycles. The molecule has 1 nitrogen and oxygen atoms in total. The van der Waals surface area contributed by atoms with Gasteiger partial charge in [-0.05, 0) is 61.8 Å². The lowest BCUT2D eigenvalue weighted by Gasteiger charge is -2.09. The number of benzene rings is 1. The highest BCUT2D eigenvalue weighted by atomic mass is 14.7. The van der Waals surface area contributed by atoms with E-state index in [1.165, 1.54) is 61.7 Å². The Morgan fingerprint density at radius 2 is 2.06 bits per heavy atom. The van der Waals surface area contributed by atoms with Crippen LogP contribution in [0.15, 0.2) is 12.1 Å². The minimum absolute atomic E-state index is 1.25. The molecule has 96 valence electrons. The molecule has 0 saturated heterocycles. The summed E-state index contributed by atoms with van der Waals surface area (Å²) in [7, 11) is 0. The molecule has 0 amide bonds. The van der Waals surface area contributed by atoms with Gasteiger partial charge in [0.15, 0.2) is 0 Å². The summed E-state index contributed by atoms with van der Waals surface area (Å²) in [5, 5.41) is 1.57. The molecule has 0 radical (unpaired) electrons. The number of fused-ring (bicyclic) bond motifs is 3. The molecule has 1 aromatic heterocycles. The van der Waals surface area contributed by atoms with E-state index in [-0.39, 0.29) is 0 Å². The summed E-state index contributed by atoms with van der Waals surface area (Å²) in [4.78, 5) is 3.63. The van der Waals surface area contributed by atoms with Crippen molar-refractivity contribution in [2.24, 2.45) is 0 Å².